The fraction of sp³-hybridized carbons (Fsp3) is 0.250. The molecule has 0 aromatic heterocycles. The Morgan fingerprint density at radius 3 is 0.500 bits per heavy atom. The Morgan fingerprint density at radius 1 is 0.500 bits per heavy atom. The molecule has 0 bridgehead atoms. The van der Waals surface area contributed by atoms with Crippen molar-refractivity contribution in [2.45, 2.75) is 13.8 Å². The van der Waals surface area contributed by atoms with Gasteiger partial charge < -0.3 is 43.6 Å². The van der Waals surface area contributed by atoms with Gasteiger partial charge in [-0.05, 0) is 0 Å². The normalized spacial score (nSPS) is 1.00. The van der Waals surface area contributed by atoms with Gasteiger partial charge in [0.2, 0.25) is 0 Å². The first-order valence-electron chi connectivity index (χ1n) is 1.41. The molecule has 4 heteroatoms. The van der Waals surface area contributed by atoms with Gasteiger partial charge in [0.05, 0.1) is 0 Å². The number of rotatable bonds is 0. The predicted octanol–water partition coefficient (Wildman–Crippen LogP) is 3.47. The van der Waals surface area contributed by atoms with Crippen LogP contribution in [0.15, 0.2) is 0 Å². The first-order chi connectivity index (χ1) is 2.00. The first-order valence-corrected chi connectivity index (χ1v) is 1.41. The monoisotopic (exact) mass is 322 g/mol. The molecule has 0 aliphatic carbocycles. The smallest absolute Gasteiger partial charge is 0.358 e. The molecule has 4 radical (unpaired) electrons. The molecule has 0 aromatic carbocycles. The first kappa shape index (κ1) is 136. The topological polar surface area (TPSA) is 0 Å². The fourth-order valence-electron chi connectivity index (χ4n) is 0. The molecule has 0 heterocycles. The zero-order valence-corrected chi connectivity index (χ0v) is 14.8. The zero-order valence-electron chi connectivity index (χ0n) is 9.20. The van der Waals surface area contributed by atoms with Gasteiger partial charge in [0, 0.05) is 37.1 Å². The van der Waals surface area contributed by atoms with E-state index in [1.54, 1.807) is 13.8 Å². The van der Waals surface area contributed by atoms with Crippen LogP contribution in [0, 0.1) is 43.6 Å². The number of hydrogen-bond acceptors (Lipinski definition) is 0. The summed E-state index contributed by atoms with van der Waals surface area (Å²) >= 11 is 0. The summed E-state index contributed by atoms with van der Waals surface area (Å²) in [5, 5.41) is 0. The Hall–Kier alpha value is 2.34. The van der Waals surface area contributed by atoms with E-state index in [9.17, 15) is 0 Å². The Balaban J connectivity index is -0.000000000500. The molecule has 0 aromatic rings. The average molecular weight is 322 g/mol. The molecule has 0 rings (SSSR count). The molecule has 0 aliphatic rings. The van der Waals surface area contributed by atoms with Gasteiger partial charge in [0.15, 0.2) is 0 Å². The van der Waals surface area contributed by atoms with Crippen molar-refractivity contribution in [3.63, 3.8) is 0 Å². The van der Waals surface area contributed by atoms with E-state index in [2.05, 4.69) is 13.8 Å². The van der Waals surface area contributed by atoms with Crippen LogP contribution in [0.1, 0.15) is 13.8 Å². The van der Waals surface area contributed by atoms with Crippen LogP contribution in [0.2, 0.25) is 0 Å². The molecule has 0 N–H and O–H groups in total. The van der Waals surface area contributed by atoms with Crippen molar-refractivity contribution in [1.82, 2.24) is 0 Å². The summed E-state index contributed by atoms with van der Waals surface area (Å²) in [7, 11) is 0. The Morgan fingerprint density at radius 2 is 0.500 bits per heavy atom. The van der Waals surface area contributed by atoms with Crippen LogP contribution in [-0.4, -0.2) is 0 Å². The molecule has 12 heavy (non-hydrogen) atoms. The van der Waals surface area contributed by atoms with Crippen molar-refractivity contribution in [3.05, 3.63) is 43.6 Å². The van der Waals surface area contributed by atoms with E-state index in [1.165, 1.54) is 0 Å². The van der Waals surface area contributed by atoms with Crippen molar-refractivity contribution < 1.29 is 74.2 Å². The van der Waals surface area contributed by atoms with E-state index in [0.717, 1.165) is 0 Å². The summed E-state index contributed by atoms with van der Waals surface area (Å²) < 4.78 is 0. The van der Waals surface area contributed by atoms with Gasteiger partial charge in [0.25, 0.3) is 0 Å². The van der Waals surface area contributed by atoms with Crippen LogP contribution in [0.4, 0.5) is 0 Å². The Bertz CT molecular complexity index is 11.0. The molecule has 0 aliphatic heterocycles. The third kappa shape index (κ3) is 290. The second kappa shape index (κ2) is 372. The van der Waals surface area contributed by atoms with E-state index in [-0.39, 0.29) is 104 Å². The second-order valence-electron chi connectivity index (χ2n) is 0. The third-order valence-corrected chi connectivity index (χ3v) is 0. The molecular formula is C8H22V4-2. The van der Waals surface area contributed by atoms with Crippen molar-refractivity contribution in [1.29, 1.82) is 0 Å². The summed E-state index contributed by atoms with van der Waals surface area (Å²) in [6.07, 6.45) is 0. The van der Waals surface area contributed by atoms with Gasteiger partial charge in [-0.2, -0.15) is 13.8 Å². The third-order valence-electron chi connectivity index (χ3n) is 0. The van der Waals surface area contributed by atoms with Crippen LogP contribution in [0.3, 0.4) is 0 Å². The quantitative estimate of drug-likeness (QED) is 0.599. The van der Waals surface area contributed by atoms with Gasteiger partial charge in [-0.3, -0.25) is 0 Å². The maximum absolute atomic E-state index is 3.25. The van der Waals surface area contributed by atoms with Crippen molar-refractivity contribution in [2.24, 2.45) is 0 Å². The molecular weight excluding hydrogens is 300 g/mol. The largest absolute Gasteiger partial charge is 2.00 e. The molecule has 0 fully saturated rings. The van der Waals surface area contributed by atoms with Gasteiger partial charge >= 0.3 is 37.1 Å². The van der Waals surface area contributed by atoms with E-state index >= 15 is 0 Å². The van der Waals surface area contributed by atoms with Crippen LogP contribution in [0.25, 0.3) is 0 Å². The summed E-state index contributed by atoms with van der Waals surface area (Å²) in [6.45, 7) is 10.0. The molecule has 0 nitrogen and oxygen atoms in total. The number of hydrogen-bond donors (Lipinski definition) is 0. The molecule has 76 valence electrons. The van der Waals surface area contributed by atoms with Crippen LogP contribution in [-0.2, 0) is 74.2 Å². The molecule has 0 atom stereocenters. The van der Waals surface area contributed by atoms with Crippen molar-refractivity contribution >= 4 is 0 Å². The van der Waals surface area contributed by atoms with Crippen molar-refractivity contribution in [2.75, 3.05) is 0 Å². The van der Waals surface area contributed by atoms with E-state index in [1.807, 2.05) is 0 Å². The minimum atomic E-state index is 0. The molecule has 0 amide bonds. The fourth-order valence-corrected chi connectivity index (χ4v) is 0. The summed E-state index contributed by atoms with van der Waals surface area (Å²) in [4.78, 5) is 0. The molecule has 0 saturated carbocycles. The molecule has 0 spiro atoms. The second-order valence-corrected chi connectivity index (χ2v) is 0. The zero-order chi connectivity index (χ0) is 4.00. The van der Waals surface area contributed by atoms with Gasteiger partial charge in [-0.1, -0.05) is 0 Å². The summed E-state index contributed by atoms with van der Waals surface area (Å²) in [5.74, 6) is 0. The SMILES string of the molecule is [CH2-]C.[CH2-]C.[CH3-].[CH3-].[CH3-].[CH3-].[V+2].[V+2].[V].[V]. The van der Waals surface area contributed by atoms with E-state index < -0.39 is 0 Å². The summed E-state index contributed by atoms with van der Waals surface area (Å²) in [5.41, 5.74) is 0. The average Bonchev–Trinajstić information content (AvgIpc) is 1.50. The standard InChI is InChI=1S/2C2H5.4CH3.4V/c2*1-2;;;;;;;;/h2*1H2,2H3;4*1H3;;;;/q6*-1;;;2*+2. The van der Waals surface area contributed by atoms with Crippen LogP contribution >= 0.6 is 0 Å². The Labute approximate surface area is 130 Å². The van der Waals surface area contributed by atoms with E-state index in [4.69, 9.17) is 0 Å². The Kier molecular flexibility index (Phi) is 4200. The maximum atomic E-state index is 3.25. The maximum Gasteiger partial charge on any atom is 2.00 e. The molecule has 0 unspecified atom stereocenters. The van der Waals surface area contributed by atoms with Crippen molar-refractivity contribution in [3.8, 4) is 0 Å². The van der Waals surface area contributed by atoms with E-state index in [0.29, 0.717) is 0 Å². The molecule has 0 saturated heterocycles. The van der Waals surface area contributed by atoms with Gasteiger partial charge in [-0.15, -0.1) is 0 Å². The predicted molar refractivity (Wildman–Crippen MR) is 47.7 cm³/mol. The van der Waals surface area contributed by atoms with Gasteiger partial charge in [-0.25, -0.2) is 0 Å². The summed E-state index contributed by atoms with van der Waals surface area (Å²) in [6, 6.07) is 0. The van der Waals surface area contributed by atoms with Gasteiger partial charge in [0.1, 0.15) is 0 Å². The minimum absolute atomic E-state index is 0. The van der Waals surface area contributed by atoms with Crippen LogP contribution in [0.5, 0.6) is 0 Å². The van der Waals surface area contributed by atoms with Crippen LogP contribution < -0.4 is 0 Å². The minimum Gasteiger partial charge on any atom is -0.358 e.